The van der Waals surface area contributed by atoms with E-state index >= 15 is 0 Å². The van der Waals surface area contributed by atoms with Crippen LogP contribution in [0.2, 0.25) is 0 Å². The average molecular weight is 511 g/mol. The van der Waals surface area contributed by atoms with Crippen LogP contribution in [-0.2, 0) is 0 Å². The summed E-state index contributed by atoms with van der Waals surface area (Å²) in [4.78, 5) is 36.1. The largest absolute Gasteiger partial charge is 0.378 e. The molecule has 1 N–H and O–H groups in total. The molecule has 1 saturated heterocycles. The third kappa shape index (κ3) is 5.07. The number of likely N-dealkylation sites (tertiary alicyclic amines) is 1. The zero-order chi connectivity index (χ0) is 26.8. The first-order valence-electron chi connectivity index (χ1n) is 12.9. The Morgan fingerprint density at radius 3 is 2.37 bits per heavy atom. The van der Waals surface area contributed by atoms with Crippen molar-refractivity contribution in [3.8, 4) is 11.3 Å². The molecule has 8 heteroatoms. The molecular weight excluding hydrogens is 476 g/mol. The van der Waals surface area contributed by atoms with Gasteiger partial charge in [0.1, 0.15) is 5.82 Å². The Hall–Kier alpha value is -4.33. The van der Waals surface area contributed by atoms with E-state index < -0.39 is 0 Å². The number of nitrogens with one attached hydrogen (secondary N) is 1. The Labute approximate surface area is 223 Å². The summed E-state index contributed by atoms with van der Waals surface area (Å²) in [6.07, 6.45) is 3.91. The van der Waals surface area contributed by atoms with Gasteiger partial charge in [0.25, 0.3) is 5.91 Å². The number of urea groups is 1. The fraction of sp³-hybridized carbons (Fsp3) is 0.300. The van der Waals surface area contributed by atoms with Crippen LogP contribution in [0.25, 0.3) is 16.8 Å². The Balaban J connectivity index is 1.37. The lowest BCUT2D eigenvalue weighted by Crippen LogP contribution is -2.42. The second-order valence-corrected chi connectivity index (χ2v) is 10.2. The maximum atomic E-state index is 13.1. The fourth-order valence-corrected chi connectivity index (χ4v) is 5.01. The summed E-state index contributed by atoms with van der Waals surface area (Å²) in [5, 5.41) is 3.05. The molecule has 0 saturated carbocycles. The minimum absolute atomic E-state index is 0.0267. The summed E-state index contributed by atoms with van der Waals surface area (Å²) in [6.45, 7) is 1.32. The predicted octanol–water partition coefficient (Wildman–Crippen LogP) is 5.18. The summed E-state index contributed by atoms with van der Waals surface area (Å²) in [5.41, 5.74) is 5.37. The van der Waals surface area contributed by atoms with Gasteiger partial charge in [-0.1, -0.05) is 18.2 Å². The lowest BCUT2D eigenvalue weighted by molar-refractivity contribution is 0.0827. The normalized spacial score (nSPS) is 15.4. The number of carbonyl (C=O) groups excluding carboxylic acids is 2. The van der Waals surface area contributed by atoms with Gasteiger partial charge in [0.15, 0.2) is 0 Å². The van der Waals surface area contributed by atoms with Crippen LogP contribution in [0.3, 0.4) is 0 Å². The molecule has 4 aromatic rings. The minimum atomic E-state index is -0.0884. The van der Waals surface area contributed by atoms with Crippen molar-refractivity contribution in [1.29, 1.82) is 0 Å². The Kier molecular flexibility index (Phi) is 7.05. The topological polar surface area (TPSA) is 73.2 Å². The highest BCUT2D eigenvalue weighted by Crippen LogP contribution is 2.32. The summed E-state index contributed by atoms with van der Waals surface area (Å²) in [7, 11) is 7.49. The number of hydrogen-bond donors (Lipinski definition) is 1. The van der Waals surface area contributed by atoms with E-state index in [-0.39, 0.29) is 17.9 Å². The van der Waals surface area contributed by atoms with E-state index in [1.54, 1.807) is 19.0 Å². The molecule has 3 amide bonds. The molecule has 5 rings (SSSR count). The molecule has 0 unspecified atom stereocenters. The number of nitrogens with zero attached hydrogens (tertiary/aromatic N) is 5. The average Bonchev–Trinajstić information content (AvgIpc) is 3.33. The molecule has 1 aliphatic rings. The zero-order valence-corrected chi connectivity index (χ0v) is 22.4. The highest BCUT2D eigenvalue weighted by molar-refractivity contribution is 5.94. The first kappa shape index (κ1) is 25.3. The van der Waals surface area contributed by atoms with Crippen molar-refractivity contribution in [2.24, 2.45) is 0 Å². The third-order valence-electron chi connectivity index (χ3n) is 7.10. The summed E-state index contributed by atoms with van der Waals surface area (Å²) < 4.78 is 2.14. The van der Waals surface area contributed by atoms with Gasteiger partial charge in [0.2, 0.25) is 0 Å². The molecule has 1 atom stereocenters. The maximum absolute atomic E-state index is 13.1. The molecule has 0 radical (unpaired) electrons. The second kappa shape index (κ2) is 10.6. The van der Waals surface area contributed by atoms with Crippen LogP contribution in [0.5, 0.6) is 0 Å². The van der Waals surface area contributed by atoms with Gasteiger partial charge in [-0.05, 0) is 61.4 Å². The number of anilines is 2. The van der Waals surface area contributed by atoms with Crippen LogP contribution in [0.1, 0.15) is 34.9 Å². The maximum Gasteiger partial charge on any atom is 0.321 e. The third-order valence-corrected chi connectivity index (χ3v) is 7.10. The van der Waals surface area contributed by atoms with Crippen molar-refractivity contribution < 1.29 is 9.59 Å². The van der Waals surface area contributed by atoms with Gasteiger partial charge in [0.05, 0.1) is 11.2 Å². The molecule has 38 heavy (non-hydrogen) atoms. The molecule has 196 valence electrons. The van der Waals surface area contributed by atoms with Crippen molar-refractivity contribution in [3.05, 3.63) is 84.3 Å². The molecule has 2 aromatic carbocycles. The number of rotatable bonds is 5. The highest BCUT2D eigenvalue weighted by Gasteiger charge is 2.29. The van der Waals surface area contributed by atoms with Crippen molar-refractivity contribution >= 4 is 28.8 Å². The first-order valence-corrected chi connectivity index (χ1v) is 12.9. The molecule has 3 heterocycles. The lowest BCUT2D eigenvalue weighted by atomic mass is 9.97. The van der Waals surface area contributed by atoms with Crippen LogP contribution in [0.15, 0.2) is 72.9 Å². The number of hydrogen-bond acceptors (Lipinski definition) is 4. The van der Waals surface area contributed by atoms with Gasteiger partial charge in [-0.3, -0.25) is 4.79 Å². The number of aromatic nitrogens is 2. The number of benzene rings is 2. The molecule has 8 nitrogen and oxygen atoms in total. The molecular formula is C30H34N6O2. The van der Waals surface area contributed by atoms with Crippen molar-refractivity contribution in [2.45, 2.75) is 18.8 Å². The van der Waals surface area contributed by atoms with Crippen LogP contribution in [0.4, 0.5) is 16.2 Å². The quantitative estimate of drug-likeness (QED) is 0.402. The van der Waals surface area contributed by atoms with Crippen molar-refractivity contribution in [3.63, 3.8) is 0 Å². The first-order chi connectivity index (χ1) is 18.3. The Bertz CT molecular complexity index is 1440. The summed E-state index contributed by atoms with van der Waals surface area (Å²) in [6, 6.07) is 21.5. The van der Waals surface area contributed by atoms with Gasteiger partial charge in [-0.2, -0.15) is 0 Å². The number of amides is 3. The molecule has 1 fully saturated rings. The Morgan fingerprint density at radius 1 is 0.947 bits per heavy atom. The van der Waals surface area contributed by atoms with E-state index in [0.717, 1.165) is 53.4 Å². The monoisotopic (exact) mass is 510 g/mol. The second-order valence-electron chi connectivity index (χ2n) is 10.2. The fourth-order valence-electron chi connectivity index (χ4n) is 5.01. The number of piperidine rings is 1. The SMILES string of the molecule is CN(C)C(=O)c1ccc(-c2nc([C@@H]3CCCN(C(=O)Nc4ccc(N(C)C)cc4)C3)n3ccccc23)cc1. The molecule has 0 spiro atoms. The molecule has 0 bridgehead atoms. The molecule has 1 aliphatic heterocycles. The van der Waals surface area contributed by atoms with Crippen LogP contribution >= 0.6 is 0 Å². The smallest absolute Gasteiger partial charge is 0.321 e. The van der Waals surface area contributed by atoms with Gasteiger partial charge in [0, 0.05) is 75.9 Å². The molecule has 0 aliphatic carbocycles. The number of fused-ring (bicyclic) bond motifs is 1. The van der Waals surface area contributed by atoms with Gasteiger partial charge in [-0.25, -0.2) is 9.78 Å². The van der Waals surface area contributed by atoms with Gasteiger partial charge in [-0.15, -0.1) is 0 Å². The highest BCUT2D eigenvalue weighted by atomic mass is 16.2. The van der Waals surface area contributed by atoms with E-state index in [0.29, 0.717) is 12.1 Å². The van der Waals surface area contributed by atoms with E-state index in [1.807, 2.05) is 90.8 Å². The number of pyridine rings is 1. The number of imidazole rings is 1. The van der Waals surface area contributed by atoms with Crippen molar-refractivity contribution in [1.82, 2.24) is 19.2 Å². The predicted molar refractivity (Wildman–Crippen MR) is 152 cm³/mol. The van der Waals surface area contributed by atoms with Crippen molar-refractivity contribution in [2.75, 3.05) is 51.5 Å². The van der Waals surface area contributed by atoms with E-state index in [2.05, 4.69) is 15.8 Å². The van der Waals surface area contributed by atoms with Crippen LogP contribution in [0, 0.1) is 0 Å². The number of carbonyl (C=O) groups is 2. The van der Waals surface area contributed by atoms with Gasteiger partial charge >= 0.3 is 6.03 Å². The lowest BCUT2D eigenvalue weighted by Gasteiger charge is -2.32. The zero-order valence-electron chi connectivity index (χ0n) is 22.4. The summed E-state index contributed by atoms with van der Waals surface area (Å²) in [5.74, 6) is 1.04. The van der Waals surface area contributed by atoms with Gasteiger partial charge < -0.3 is 24.4 Å². The van der Waals surface area contributed by atoms with Crippen LogP contribution in [-0.4, -0.2) is 72.4 Å². The standard InChI is InChI=1S/C30H34N6O2/c1-33(2)25-16-14-24(15-17-25)31-30(38)35-18-7-8-23(20-35)28-32-27(26-9-5-6-19-36(26)28)21-10-12-22(13-11-21)29(37)34(3)4/h5-6,9-17,19,23H,7-8,18,20H2,1-4H3,(H,31,38)/t23-/m1/s1. The van der Waals surface area contributed by atoms with E-state index in [1.165, 1.54) is 0 Å². The summed E-state index contributed by atoms with van der Waals surface area (Å²) >= 11 is 0. The Morgan fingerprint density at radius 2 is 1.68 bits per heavy atom. The molecule has 2 aromatic heterocycles. The van der Waals surface area contributed by atoms with E-state index in [9.17, 15) is 9.59 Å². The van der Waals surface area contributed by atoms with Crippen LogP contribution < -0.4 is 10.2 Å². The minimum Gasteiger partial charge on any atom is -0.378 e. The van der Waals surface area contributed by atoms with E-state index in [4.69, 9.17) is 4.98 Å².